The molecule has 1 aliphatic heterocycles. The van der Waals surface area contributed by atoms with E-state index in [0.29, 0.717) is 38.1 Å². The summed E-state index contributed by atoms with van der Waals surface area (Å²) in [7, 11) is -3.30. The largest absolute Gasteiger partial charge is 0.493 e. The number of ether oxygens (including phenoxy) is 2. The van der Waals surface area contributed by atoms with Gasteiger partial charge in [0, 0.05) is 36.7 Å². The quantitative estimate of drug-likeness (QED) is 0.379. The average molecular weight is 441 g/mol. The SMILES string of the molecule is CCNC(=NCc1ccc(C)cc1OCC1CCOC1)NCC(C)(C)NS(C)(=O)=O. The molecule has 170 valence electrons. The normalized spacial score (nSPS) is 17.8. The third-order valence-electron chi connectivity index (χ3n) is 4.63. The van der Waals surface area contributed by atoms with Gasteiger partial charge >= 0.3 is 0 Å². The Labute approximate surface area is 180 Å². The van der Waals surface area contributed by atoms with Crippen LogP contribution in [0.2, 0.25) is 0 Å². The third-order valence-corrected chi connectivity index (χ3v) is 5.56. The van der Waals surface area contributed by atoms with Gasteiger partial charge in [0.25, 0.3) is 0 Å². The van der Waals surface area contributed by atoms with E-state index < -0.39 is 15.6 Å². The number of hydrogen-bond donors (Lipinski definition) is 3. The van der Waals surface area contributed by atoms with E-state index in [-0.39, 0.29) is 0 Å². The molecule has 1 aliphatic rings. The van der Waals surface area contributed by atoms with Crippen LogP contribution < -0.4 is 20.1 Å². The zero-order chi connectivity index (χ0) is 22.2. The predicted molar refractivity (Wildman–Crippen MR) is 120 cm³/mol. The smallest absolute Gasteiger partial charge is 0.209 e. The summed E-state index contributed by atoms with van der Waals surface area (Å²) in [5, 5.41) is 6.42. The minimum Gasteiger partial charge on any atom is -0.493 e. The Bertz CT molecular complexity index is 818. The van der Waals surface area contributed by atoms with Crippen LogP contribution in [0.15, 0.2) is 23.2 Å². The van der Waals surface area contributed by atoms with Crippen LogP contribution in [-0.4, -0.2) is 59.1 Å². The number of nitrogens with zero attached hydrogens (tertiary/aromatic N) is 1. The molecule has 9 heteroatoms. The molecule has 0 saturated carbocycles. The average Bonchev–Trinajstić information content (AvgIpc) is 3.15. The lowest BCUT2D eigenvalue weighted by Gasteiger charge is -2.26. The summed E-state index contributed by atoms with van der Waals surface area (Å²) in [4.78, 5) is 4.67. The summed E-state index contributed by atoms with van der Waals surface area (Å²) in [6, 6.07) is 6.13. The Morgan fingerprint density at radius 2 is 2.10 bits per heavy atom. The van der Waals surface area contributed by atoms with Crippen molar-refractivity contribution in [1.29, 1.82) is 0 Å². The second kappa shape index (κ2) is 11.0. The van der Waals surface area contributed by atoms with Gasteiger partial charge in [-0.25, -0.2) is 18.1 Å². The first-order chi connectivity index (χ1) is 14.1. The Balaban J connectivity index is 2.03. The third kappa shape index (κ3) is 8.89. The van der Waals surface area contributed by atoms with Crippen LogP contribution in [0.25, 0.3) is 0 Å². The van der Waals surface area contributed by atoms with E-state index in [9.17, 15) is 8.42 Å². The minimum absolute atomic E-state index is 0.394. The molecule has 1 aromatic rings. The van der Waals surface area contributed by atoms with E-state index in [2.05, 4.69) is 26.4 Å². The number of sulfonamides is 1. The number of benzene rings is 1. The van der Waals surface area contributed by atoms with Gasteiger partial charge < -0.3 is 20.1 Å². The van der Waals surface area contributed by atoms with Crippen molar-refractivity contribution in [1.82, 2.24) is 15.4 Å². The second-order valence-corrected chi connectivity index (χ2v) is 10.2. The Hall–Kier alpha value is -1.84. The van der Waals surface area contributed by atoms with Crippen molar-refractivity contribution in [2.75, 3.05) is 39.2 Å². The molecule has 0 radical (unpaired) electrons. The first kappa shape index (κ1) is 24.4. The molecule has 0 amide bonds. The lowest BCUT2D eigenvalue weighted by atomic mass is 10.1. The molecule has 0 aliphatic carbocycles. The van der Waals surface area contributed by atoms with Gasteiger partial charge in [0.1, 0.15) is 5.75 Å². The van der Waals surface area contributed by atoms with Crippen molar-refractivity contribution in [3.8, 4) is 5.75 Å². The number of rotatable bonds is 10. The molecule has 1 aromatic carbocycles. The van der Waals surface area contributed by atoms with Gasteiger partial charge in [0.2, 0.25) is 10.0 Å². The van der Waals surface area contributed by atoms with E-state index in [1.54, 1.807) is 0 Å². The van der Waals surface area contributed by atoms with E-state index in [1.807, 2.05) is 39.8 Å². The van der Waals surface area contributed by atoms with E-state index in [1.165, 1.54) is 0 Å². The van der Waals surface area contributed by atoms with Crippen LogP contribution in [0, 0.1) is 12.8 Å². The first-order valence-corrected chi connectivity index (χ1v) is 12.3. The predicted octanol–water partition coefficient (Wildman–Crippen LogP) is 1.79. The minimum atomic E-state index is -3.30. The highest BCUT2D eigenvalue weighted by atomic mass is 32.2. The van der Waals surface area contributed by atoms with Gasteiger partial charge in [-0.15, -0.1) is 0 Å². The maximum absolute atomic E-state index is 11.5. The Morgan fingerprint density at radius 1 is 1.33 bits per heavy atom. The maximum Gasteiger partial charge on any atom is 0.209 e. The molecular weight excluding hydrogens is 404 g/mol. The van der Waals surface area contributed by atoms with Gasteiger partial charge in [-0.1, -0.05) is 12.1 Å². The fourth-order valence-corrected chi connectivity index (χ4v) is 4.27. The van der Waals surface area contributed by atoms with E-state index in [0.717, 1.165) is 42.8 Å². The zero-order valence-electron chi connectivity index (χ0n) is 18.7. The summed E-state index contributed by atoms with van der Waals surface area (Å²) in [5.74, 6) is 1.91. The Morgan fingerprint density at radius 3 is 2.73 bits per heavy atom. The molecule has 0 aromatic heterocycles. The van der Waals surface area contributed by atoms with Gasteiger partial charge in [0.15, 0.2) is 5.96 Å². The van der Waals surface area contributed by atoms with Crippen LogP contribution in [0.4, 0.5) is 0 Å². The van der Waals surface area contributed by atoms with Crippen LogP contribution in [0.5, 0.6) is 5.75 Å². The van der Waals surface area contributed by atoms with Gasteiger partial charge in [-0.3, -0.25) is 0 Å². The van der Waals surface area contributed by atoms with E-state index >= 15 is 0 Å². The summed E-state index contributed by atoms with van der Waals surface area (Å²) < 4.78 is 37.2. The molecular formula is C21H36N4O4S. The van der Waals surface area contributed by atoms with Gasteiger partial charge in [-0.05, 0) is 45.7 Å². The molecule has 1 fully saturated rings. The molecule has 0 spiro atoms. The van der Waals surface area contributed by atoms with Crippen molar-refractivity contribution < 1.29 is 17.9 Å². The zero-order valence-corrected chi connectivity index (χ0v) is 19.6. The van der Waals surface area contributed by atoms with Crippen molar-refractivity contribution in [3.63, 3.8) is 0 Å². The van der Waals surface area contributed by atoms with E-state index in [4.69, 9.17) is 9.47 Å². The molecule has 0 bridgehead atoms. The standard InChI is InChI=1S/C21H36N4O4S/c1-6-22-20(24-15-21(3,4)25-30(5,26)27)23-12-18-8-7-16(2)11-19(18)29-14-17-9-10-28-13-17/h7-8,11,17,25H,6,9-10,12-15H2,1-5H3,(H2,22,23,24). The fourth-order valence-electron chi connectivity index (χ4n) is 3.20. The molecule has 8 nitrogen and oxygen atoms in total. The number of guanidine groups is 1. The van der Waals surface area contributed by atoms with Gasteiger partial charge in [-0.2, -0.15) is 0 Å². The summed E-state index contributed by atoms with van der Waals surface area (Å²) in [6.45, 7) is 11.4. The van der Waals surface area contributed by atoms with Gasteiger partial charge in [0.05, 0.1) is 26.0 Å². The fraction of sp³-hybridized carbons (Fsp3) is 0.667. The highest BCUT2D eigenvalue weighted by molar-refractivity contribution is 7.88. The van der Waals surface area contributed by atoms with Crippen LogP contribution in [0.1, 0.15) is 38.3 Å². The monoisotopic (exact) mass is 440 g/mol. The van der Waals surface area contributed by atoms with Crippen molar-refractivity contribution in [2.24, 2.45) is 10.9 Å². The number of aliphatic imine (C=N–C) groups is 1. The molecule has 2 rings (SSSR count). The first-order valence-electron chi connectivity index (χ1n) is 10.4. The summed E-state index contributed by atoms with van der Waals surface area (Å²) in [6.07, 6.45) is 2.19. The van der Waals surface area contributed by atoms with Crippen LogP contribution in [-0.2, 0) is 21.3 Å². The highest BCUT2D eigenvalue weighted by Crippen LogP contribution is 2.23. The summed E-state index contributed by atoms with van der Waals surface area (Å²) >= 11 is 0. The van der Waals surface area contributed by atoms with Crippen molar-refractivity contribution in [3.05, 3.63) is 29.3 Å². The van der Waals surface area contributed by atoms with Crippen LogP contribution in [0.3, 0.4) is 0 Å². The summed E-state index contributed by atoms with van der Waals surface area (Å²) in [5.41, 5.74) is 1.50. The molecule has 3 N–H and O–H groups in total. The highest BCUT2D eigenvalue weighted by Gasteiger charge is 2.22. The number of hydrogen-bond acceptors (Lipinski definition) is 5. The maximum atomic E-state index is 11.5. The van der Waals surface area contributed by atoms with Crippen molar-refractivity contribution in [2.45, 2.75) is 46.2 Å². The van der Waals surface area contributed by atoms with Crippen molar-refractivity contribution >= 4 is 16.0 Å². The number of nitrogens with one attached hydrogen (secondary N) is 3. The molecule has 1 saturated heterocycles. The molecule has 1 heterocycles. The van der Waals surface area contributed by atoms with Crippen LogP contribution >= 0.6 is 0 Å². The molecule has 1 atom stereocenters. The number of aryl methyl sites for hydroxylation is 1. The lowest BCUT2D eigenvalue weighted by molar-refractivity contribution is 0.166. The molecule has 30 heavy (non-hydrogen) atoms. The second-order valence-electron chi connectivity index (χ2n) is 8.46. The Kier molecular flexibility index (Phi) is 8.93. The molecule has 1 unspecified atom stereocenters. The topological polar surface area (TPSA) is 101 Å². The lowest BCUT2D eigenvalue weighted by Crippen LogP contribution is -2.53.